The number of nitrogens with one attached hydrogen (secondary N) is 1. The predicted molar refractivity (Wildman–Crippen MR) is 125 cm³/mol. The monoisotopic (exact) mass is 574 g/mol. The van der Waals surface area contributed by atoms with E-state index in [0.717, 1.165) is 18.3 Å². The van der Waals surface area contributed by atoms with Gasteiger partial charge in [-0.05, 0) is 35.9 Å². The summed E-state index contributed by atoms with van der Waals surface area (Å²) in [5.74, 6) is -7.49. The Balaban J connectivity index is 0.000000226. The molecule has 0 unspecified atom stereocenters. The Morgan fingerprint density at radius 3 is 1.72 bits per heavy atom. The quantitative estimate of drug-likeness (QED) is 0.243. The van der Waals surface area contributed by atoms with E-state index in [1.165, 1.54) is 0 Å². The number of carbonyl (C=O) groups excluding carboxylic acids is 2. The second-order valence-electron chi connectivity index (χ2n) is 6.97. The molecule has 4 rings (SSSR count). The maximum atomic E-state index is 13.1. The molecule has 0 radical (unpaired) electrons. The Morgan fingerprint density at radius 2 is 1.28 bits per heavy atom. The molecule has 0 saturated heterocycles. The second kappa shape index (κ2) is 13.0. The molecule has 39 heavy (non-hydrogen) atoms. The van der Waals surface area contributed by atoms with Gasteiger partial charge in [0, 0.05) is 23.3 Å². The summed E-state index contributed by atoms with van der Waals surface area (Å²) in [7, 11) is 0. The van der Waals surface area contributed by atoms with Gasteiger partial charge in [0.25, 0.3) is 11.1 Å². The van der Waals surface area contributed by atoms with Gasteiger partial charge in [-0.3, -0.25) is 14.6 Å². The van der Waals surface area contributed by atoms with Crippen LogP contribution in [0.4, 0.5) is 38.0 Å². The molecule has 2 heterocycles. The molecule has 0 atom stereocenters. The summed E-state index contributed by atoms with van der Waals surface area (Å²) in [4.78, 5) is 51.9. The number of rotatable bonds is 2. The van der Waals surface area contributed by atoms with E-state index in [0.29, 0.717) is 30.5 Å². The summed E-state index contributed by atoms with van der Waals surface area (Å²) >= 11 is 4.97. The van der Waals surface area contributed by atoms with Crippen LogP contribution in [-0.4, -0.2) is 30.7 Å². The van der Waals surface area contributed by atoms with E-state index < -0.39 is 68.8 Å². The Hall–Kier alpha value is -4.99. The van der Waals surface area contributed by atoms with Gasteiger partial charge >= 0.3 is 11.4 Å². The Labute approximate surface area is 217 Å². The first-order valence-electron chi connectivity index (χ1n) is 9.89. The minimum Gasteiger partial charge on any atom is -0.383 e. The molecule has 5 N–H and O–H groups in total. The van der Waals surface area contributed by atoms with Crippen molar-refractivity contribution >= 4 is 34.4 Å². The molecule has 0 saturated carbocycles. The number of nitrogens with two attached hydrogens (primary N) is 2. The van der Waals surface area contributed by atoms with Crippen LogP contribution in [-0.2, 0) is 0 Å². The lowest BCUT2D eigenvalue weighted by molar-refractivity contribution is 0.0951. The van der Waals surface area contributed by atoms with E-state index in [4.69, 9.17) is 23.1 Å². The smallest absolute Gasteiger partial charge is 0.356 e. The van der Waals surface area contributed by atoms with Gasteiger partial charge in [0.05, 0.1) is 12.4 Å². The highest BCUT2D eigenvalue weighted by Gasteiger charge is 2.15. The van der Waals surface area contributed by atoms with E-state index in [-0.39, 0.29) is 15.9 Å². The normalized spacial score (nSPS) is 10.0. The first-order chi connectivity index (χ1) is 18.2. The van der Waals surface area contributed by atoms with Gasteiger partial charge in [-0.1, -0.05) is 0 Å². The maximum absolute atomic E-state index is 13.1. The van der Waals surface area contributed by atoms with Crippen LogP contribution in [0.25, 0.3) is 0 Å². The zero-order valence-corrected chi connectivity index (χ0v) is 19.6. The van der Waals surface area contributed by atoms with Crippen molar-refractivity contribution in [2.75, 3.05) is 11.5 Å². The number of aromatic nitrogens is 4. The minimum absolute atomic E-state index is 0.177. The lowest BCUT2D eigenvalue weighted by Crippen LogP contribution is -2.30. The molecule has 0 aliphatic heterocycles. The molecule has 2 aromatic heterocycles. The van der Waals surface area contributed by atoms with Crippen LogP contribution in [0, 0.1) is 34.9 Å². The third-order valence-corrected chi connectivity index (χ3v) is 4.34. The number of aromatic amines is 1. The molecule has 10 nitrogen and oxygen atoms in total. The summed E-state index contributed by atoms with van der Waals surface area (Å²) < 4.78 is 76.2. The van der Waals surface area contributed by atoms with Crippen molar-refractivity contribution in [1.29, 1.82) is 0 Å². The van der Waals surface area contributed by atoms with Crippen LogP contribution < -0.4 is 22.8 Å². The Bertz CT molecular complexity index is 1620. The van der Waals surface area contributed by atoms with E-state index >= 15 is 0 Å². The van der Waals surface area contributed by atoms with Crippen molar-refractivity contribution in [3.8, 4) is 0 Å². The summed E-state index contributed by atoms with van der Waals surface area (Å²) in [6, 6.07) is 4.40. The standard InChI is InChI=1S/C11H6F3N3O2.C7H3ClF2O.C4H4FN3O/c12-6-1-5(2-7(13)3-6)10(18)17-4-8(14)9(15)16-11(17)19;8-7(11)4-1-5(9)3-6(10)2-4;5-2-1-7-4(9)8-3(2)6/h1-4H,(H2,15,16,19);1-3H;1H,(H3,6,7,8,9). The molecule has 0 amide bonds. The van der Waals surface area contributed by atoms with Gasteiger partial charge in [0.1, 0.15) is 29.1 Å². The first kappa shape index (κ1) is 30.2. The average Bonchev–Trinajstić information content (AvgIpc) is 2.83. The fourth-order valence-electron chi connectivity index (χ4n) is 2.47. The number of nitrogens with zero attached hydrogens (tertiary/aromatic N) is 3. The van der Waals surface area contributed by atoms with Crippen LogP contribution in [0.15, 0.2) is 58.4 Å². The highest BCUT2D eigenvalue weighted by atomic mass is 35.5. The van der Waals surface area contributed by atoms with E-state index in [9.17, 15) is 45.5 Å². The van der Waals surface area contributed by atoms with Crippen molar-refractivity contribution in [1.82, 2.24) is 19.5 Å². The highest BCUT2D eigenvalue weighted by Crippen LogP contribution is 2.11. The summed E-state index contributed by atoms with van der Waals surface area (Å²) in [6.07, 6.45) is 1.28. The zero-order valence-electron chi connectivity index (χ0n) is 18.9. The lowest BCUT2D eigenvalue weighted by Gasteiger charge is -2.05. The second-order valence-corrected chi connectivity index (χ2v) is 7.32. The average molecular weight is 575 g/mol. The number of hydrogen-bond acceptors (Lipinski definition) is 8. The maximum Gasteiger partial charge on any atom is 0.356 e. The van der Waals surface area contributed by atoms with Gasteiger partial charge in [-0.15, -0.1) is 0 Å². The molecular formula is C22H13ClF6N6O4. The fraction of sp³-hybridized carbons (Fsp3) is 0. The zero-order chi connectivity index (χ0) is 29.4. The molecule has 4 aromatic rings. The molecule has 17 heteroatoms. The predicted octanol–water partition coefficient (Wildman–Crippen LogP) is 2.77. The number of hydrogen-bond donors (Lipinski definition) is 3. The Morgan fingerprint density at radius 1 is 0.795 bits per heavy atom. The van der Waals surface area contributed by atoms with Crippen molar-refractivity contribution < 1.29 is 35.9 Å². The van der Waals surface area contributed by atoms with E-state index in [2.05, 4.69) is 9.97 Å². The van der Waals surface area contributed by atoms with Crippen molar-refractivity contribution in [3.05, 3.63) is 116 Å². The summed E-state index contributed by atoms with van der Waals surface area (Å²) in [5, 5.41) is -0.872. The third kappa shape index (κ3) is 8.81. The van der Waals surface area contributed by atoms with Crippen LogP contribution >= 0.6 is 11.6 Å². The molecule has 0 fully saturated rings. The number of carbonyl (C=O) groups is 2. The van der Waals surface area contributed by atoms with E-state index in [1.807, 2.05) is 4.98 Å². The minimum atomic E-state index is -1.14. The van der Waals surface area contributed by atoms with E-state index in [1.54, 1.807) is 0 Å². The molecule has 0 spiro atoms. The largest absolute Gasteiger partial charge is 0.383 e. The SMILES string of the molecule is Nc1[nH]c(=O)ncc1F.Nc1nc(=O)n(C(=O)c2cc(F)cc(F)c2)cc1F.O=C(Cl)c1cc(F)cc(F)c1. The van der Waals surface area contributed by atoms with Crippen LogP contribution in [0.5, 0.6) is 0 Å². The summed E-state index contributed by atoms with van der Waals surface area (Å²) in [6.45, 7) is 0. The van der Waals surface area contributed by atoms with Crippen molar-refractivity contribution in [2.24, 2.45) is 0 Å². The fourth-order valence-corrected chi connectivity index (χ4v) is 2.58. The van der Waals surface area contributed by atoms with Crippen LogP contribution in [0.3, 0.4) is 0 Å². The first-order valence-corrected chi connectivity index (χ1v) is 10.3. The molecule has 2 aromatic carbocycles. The number of nitrogen functional groups attached to an aromatic ring is 2. The number of halogens is 7. The van der Waals surface area contributed by atoms with Gasteiger partial charge in [0.15, 0.2) is 17.5 Å². The van der Waals surface area contributed by atoms with Gasteiger partial charge in [-0.2, -0.15) is 9.97 Å². The topological polar surface area (TPSA) is 167 Å². The molecular weight excluding hydrogens is 562 g/mol. The van der Waals surface area contributed by atoms with Crippen LogP contribution in [0.2, 0.25) is 0 Å². The number of anilines is 2. The molecule has 0 aliphatic carbocycles. The van der Waals surface area contributed by atoms with Crippen molar-refractivity contribution in [2.45, 2.75) is 0 Å². The van der Waals surface area contributed by atoms with Gasteiger partial charge < -0.3 is 11.5 Å². The van der Waals surface area contributed by atoms with Gasteiger partial charge in [-0.25, -0.2) is 40.5 Å². The highest BCUT2D eigenvalue weighted by molar-refractivity contribution is 6.67. The Kier molecular flexibility index (Phi) is 10.1. The number of H-pyrrole nitrogens is 1. The molecule has 0 aliphatic rings. The van der Waals surface area contributed by atoms with Crippen molar-refractivity contribution in [3.63, 3.8) is 0 Å². The molecule has 204 valence electrons. The van der Waals surface area contributed by atoms with Gasteiger partial charge in [0.2, 0.25) is 0 Å². The lowest BCUT2D eigenvalue weighted by atomic mass is 10.2. The number of benzene rings is 2. The third-order valence-electron chi connectivity index (χ3n) is 4.12. The molecule has 0 bridgehead atoms. The van der Waals surface area contributed by atoms with Crippen LogP contribution in [0.1, 0.15) is 20.7 Å². The summed E-state index contributed by atoms with van der Waals surface area (Å²) in [5.41, 5.74) is 7.58.